The number of thioether (sulfide) groups is 1. The van der Waals surface area contributed by atoms with Gasteiger partial charge in [0.25, 0.3) is 5.56 Å². The lowest BCUT2D eigenvalue weighted by Gasteiger charge is -2.36. The molecule has 1 aliphatic heterocycles. The maximum absolute atomic E-state index is 13.3. The van der Waals surface area contributed by atoms with Crippen molar-refractivity contribution in [3.05, 3.63) is 81.9 Å². The number of nitrogens with zero attached hydrogens (tertiary/aromatic N) is 3. The first-order valence-corrected chi connectivity index (χ1v) is 11.8. The van der Waals surface area contributed by atoms with Gasteiger partial charge >= 0.3 is 0 Å². The van der Waals surface area contributed by atoms with Gasteiger partial charge in [-0.25, -0.2) is 4.39 Å². The highest BCUT2D eigenvalue weighted by atomic mass is 35.5. The fourth-order valence-electron chi connectivity index (χ4n) is 4.04. The summed E-state index contributed by atoms with van der Waals surface area (Å²) in [4.78, 5) is 18.9. The Morgan fingerprint density at radius 2 is 1.81 bits per heavy atom. The number of fused-ring (bicyclic) bond motifs is 1. The van der Waals surface area contributed by atoms with Crippen LogP contribution in [0.4, 0.5) is 10.1 Å². The van der Waals surface area contributed by atoms with Crippen molar-refractivity contribution in [1.82, 2.24) is 9.47 Å². The van der Waals surface area contributed by atoms with E-state index in [0.717, 1.165) is 53.2 Å². The van der Waals surface area contributed by atoms with E-state index in [1.54, 1.807) is 16.3 Å². The van der Waals surface area contributed by atoms with Gasteiger partial charge < -0.3 is 9.47 Å². The summed E-state index contributed by atoms with van der Waals surface area (Å²) in [6, 6.07) is 14.8. The summed E-state index contributed by atoms with van der Waals surface area (Å²) in [5.74, 6) is -0.223. The average Bonchev–Trinajstić information content (AvgIpc) is 2.77. The van der Waals surface area contributed by atoms with Gasteiger partial charge in [0.1, 0.15) is 5.82 Å². The standard InChI is InChI=1S/C24H25ClFN3OS/c1-17(25)15-29-23-14-22(31-2)8-3-18(23)13-19(24(29)30)16-27-9-11-28(12-10-27)21-6-4-20(26)5-7-21/h3-8,13-14H,1,9-12,15-16H2,2H3. The number of piperazine rings is 1. The van der Waals surface area contributed by atoms with Crippen LogP contribution in [-0.4, -0.2) is 41.9 Å². The predicted molar refractivity (Wildman–Crippen MR) is 129 cm³/mol. The summed E-state index contributed by atoms with van der Waals surface area (Å²) in [5, 5.41) is 1.46. The van der Waals surface area contributed by atoms with Gasteiger partial charge in [0.15, 0.2) is 0 Å². The van der Waals surface area contributed by atoms with Gasteiger partial charge in [0.2, 0.25) is 0 Å². The molecule has 7 heteroatoms. The molecule has 0 unspecified atom stereocenters. The Hall–Kier alpha value is -2.28. The Morgan fingerprint density at radius 3 is 2.45 bits per heavy atom. The minimum atomic E-state index is -0.223. The second-order valence-electron chi connectivity index (χ2n) is 7.74. The van der Waals surface area contributed by atoms with Gasteiger partial charge in [-0.05, 0) is 54.1 Å². The molecule has 0 radical (unpaired) electrons. The number of hydrogen-bond acceptors (Lipinski definition) is 4. The van der Waals surface area contributed by atoms with E-state index in [2.05, 4.69) is 28.5 Å². The highest BCUT2D eigenvalue weighted by Gasteiger charge is 2.19. The number of benzene rings is 2. The van der Waals surface area contributed by atoms with E-state index in [4.69, 9.17) is 11.6 Å². The molecule has 0 atom stereocenters. The third kappa shape index (κ3) is 4.97. The molecule has 0 spiro atoms. The quantitative estimate of drug-likeness (QED) is 0.490. The molecule has 4 rings (SSSR count). The Morgan fingerprint density at radius 1 is 1.10 bits per heavy atom. The van der Waals surface area contributed by atoms with E-state index in [-0.39, 0.29) is 11.4 Å². The molecule has 0 N–H and O–H groups in total. The third-order valence-corrected chi connectivity index (χ3v) is 6.51. The second-order valence-corrected chi connectivity index (χ2v) is 9.16. The molecule has 31 heavy (non-hydrogen) atoms. The molecule has 162 valence electrons. The molecular weight excluding hydrogens is 433 g/mol. The van der Waals surface area contributed by atoms with Crippen molar-refractivity contribution in [1.29, 1.82) is 0 Å². The van der Waals surface area contributed by atoms with Crippen molar-refractivity contribution in [2.75, 3.05) is 37.3 Å². The van der Waals surface area contributed by atoms with Crippen LogP contribution in [0.25, 0.3) is 10.9 Å². The molecule has 1 aromatic heterocycles. The second kappa shape index (κ2) is 9.47. The van der Waals surface area contributed by atoms with Crippen molar-refractivity contribution in [2.45, 2.75) is 18.0 Å². The fraction of sp³-hybridized carbons (Fsp3) is 0.292. The zero-order valence-electron chi connectivity index (χ0n) is 17.5. The SMILES string of the molecule is C=C(Cl)Cn1c(=O)c(CN2CCN(c3ccc(F)cc3)CC2)cc2ccc(SC)cc21. The van der Waals surface area contributed by atoms with Crippen LogP contribution in [0.2, 0.25) is 0 Å². The number of aromatic nitrogens is 1. The summed E-state index contributed by atoms with van der Waals surface area (Å²) in [7, 11) is 0. The van der Waals surface area contributed by atoms with E-state index < -0.39 is 0 Å². The number of hydrogen-bond donors (Lipinski definition) is 0. The predicted octanol–water partition coefficient (Wildman–Crippen LogP) is 4.94. The van der Waals surface area contributed by atoms with Crippen LogP contribution in [-0.2, 0) is 13.1 Å². The Balaban J connectivity index is 1.56. The molecule has 2 aromatic carbocycles. The first-order chi connectivity index (χ1) is 14.9. The lowest BCUT2D eigenvalue weighted by Crippen LogP contribution is -2.46. The molecule has 3 aromatic rings. The molecule has 1 saturated heterocycles. The van der Waals surface area contributed by atoms with Crippen LogP contribution in [0.5, 0.6) is 0 Å². The van der Waals surface area contributed by atoms with Gasteiger partial charge in [-0.1, -0.05) is 24.2 Å². The lowest BCUT2D eigenvalue weighted by atomic mass is 10.1. The van der Waals surface area contributed by atoms with Crippen LogP contribution in [0, 0.1) is 5.82 Å². The average molecular weight is 458 g/mol. The fourth-order valence-corrected chi connectivity index (χ4v) is 4.59. The summed E-state index contributed by atoms with van der Waals surface area (Å²) < 4.78 is 14.9. The van der Waals surface area contributed by atoms with Gasteiger partial charge in [-0.2, -0.15) is 0 Å². The summed E-state index contributed by atoms with van der Waals surface area (Å²) >= 11 is 7.73. The molecular formula is C24H25ClFN3OS. The van der Waals surface area contributed by atoms with E-state index in [0.29, 0.717) is 18.1 Å². The first kappa shape index (κ1) is 21.9. The van der Waals surface area contributed by atoms with Crippen molar-refractivity contribution < 1.29 is 4.39 Å². The van der Waals surface area contributed by atoms with Crippen LogP contribution in [0.15, 0.2) is 69.8 Å². The van der Waals surface area contributed by atoms with Crippen molar-refractivity contribution in [3.63, 3.8) is 0 Å². The number of allylic oxidation sites excluding steroid dienone is 1. The normalized spacial score (nSPS) is 14.9. The molecule has 4 nitrogen and oxygen atoms in total. The molecule has 2 heterocycles. The Labute approximate surface area is 190 Å². The van der Waals surface area contributed by atoms with E-state index in [9.17, 15) is 9.18 Å². The smallest absolute Gasteiger partial charge is 0.255 e. The molecule has 1 aliphatic rings. The highest BCUT2D eigenvalue weighted by molar-refractivity contribution is 7.98. The van der Waals surface area contributed by atoms with E-state index in [1.165, 1.54) is 12.1 Å². The number of pyridine rings is 1. The molecule has 1 fully saturated rings. The summed E-state index contributed by atoms with van der Waals surface area (Å²) in [6.07, 6.45) is 2.02. The molecule has 0 saturated carbocycles. The zero-order chi connectivity index (χ0) is 22.0. The molecule has 0 bridgehead atoms. The van der Waals surface area contributed by atoms with E-state index >= 15 is 0 Å². The highest BCUT2D eigenvalue weighted by Crippen LogP contribution is 2.23. The van der Waals surface area contributed by atoms with Crippen LogP contribution < -0.4 is 10.5 Å². The Kier molecular flexibility index (Phi) is 6.70. The van der Waals surface area contributed by atoms with Crippen LogP contribution in [0.3, 0.4) is 0 Å². The summed E-state index contributed by atoms with van der Waals surface area (Å²) in [5.41, 5.74) is 2.65. The monoisotopic (exact) mass is 457 g/mol. The first-order valence-electron chi connectivity index (χ1n) is 10.2. The minimum Gasteiger partial charge on any atom is -0.369 e. The molecule has 0 amide bonds. The van der Waals surface area contributed by atoms with Crippen molar-refractivity contribution >= 4 is 40.0 Å². The number of anilines is 1. The van der Waals surface area contributed by atoms with Crippen LogP contribution >= 0.6 is 23.4 Å². The largest absolute Gasteiger partial charge is 0.369 e. The van der Waals surface area contributed by atoms with Gasteiger partial charge in [0.05, 0.1) is 12.1 Å². The minimum absolute atomic E-state index is 0.0199. The summed E-state index contributed by atoms with van der Waals surface area (Å²) in [6.45, 7) is 8.01. The van der Waals surface area contributed by atoms with Gasteiger partial charge in [-0.3, -0.25) is 9.69 Å². The van der Waals surface area contributed by atoms with Crippen molar-refractivity contribution in [2.24, 2.45) is 0 Å². The topological polar surface area (TPSA) is 28.5 Å². The van der Waals surface area contributed by atoms with Gasteiger partial charge in [0, 0.05) is 53.9 Å². The zero-order valence-corrected chi connectivity index (χ0v) is 19.1. The third-order valence-electron chi connectivity index (χ3n) is 5.67. The number of halogens is 2. The van der Waals surface area contributed by atoms with Gasteiger partial charge in [-0.15, -0.1) is 11.8 Å². The molecule has 0 aliphatic carbocycles. The van der Waals surface area contributed by atoms with Crippen molar-refractivity contribution in [3.8, 4) is 0 Å². The van der Waals surface area contributed by atoms with Crippen LogP contribution in [0.1, 0.15) is 5.56 Å². The number of rotatable bonds is 6. The maximum Gasteiger partial charge on any atom is 0.255 e. The lowest BCUT2D eigenvalue weighted by molar-refractivity contribution is 0.248. The maximum atomic E-state index is 13.3. The Bertz CT molecular complexity index is 1150. The van der Waals surface area contributed by atoms with E-state index in [1.807, 2.05) is 30.5 Å².